The van der Waals surface area contributed by atoms with Gasteiger partial charge in [-0.25, -0.2) is 4.79 Å². The standard InChI is InChI=1S/C22H22N8O4/c31-19-15(26-22(32)28-19)9-13-11-24-30-18(13)27-20(29-21(30)25-14-3-4-14)23-10-12-2-5-16-17(8-12)34-7-1-6-33-16/h2,5,8-9,11,14H,1,3-4,6-7,10H2,(H2,23,25,27,29)(H2,26,28,31,32)/b15-9-. The molecule has 2 aliphatic heterocycles. The lowest BCUT2D eigenvalue weighted by Gasteiger charge is -2.12. The van der Waals surface area contributed by atoms with Gasteiger partial charge in [0.2, 0.25) is 11.9 Å². The second kappa shape index (κ2) is 8.21. The average molecular weight is 462 g/mol. The van der Waals surface area contributed by atoms with Gasteiger partial charge in [-0.15, -0.1) is 0 Å². The van der Waals surface area contributed by atoms with Gasteiger partial charge in [0.05, 0.1) is 19.4 Å². The lowest BCUT2D eigenvalue weighted by Crippen LogP contribution is -2.22. The number of urea groups is 1. The van der Waals surface area contributed by atoms with Crippen LogP contribution in [0.2, 0.25) is 0 Å². The van der Waals surface area contributed by atoms with E-state index in [0.717, 1.165) is 36.3 Å². The number of carbonyl (C=O) groups is 2. The third-order valence-corrected chi connectivity index (χ3v) is 5.59. The highest BCUT2D eigenvalue weighted by molar-refractivity contribution is 6.14. The molecule has 0 bridgehead atoms. The Morgan fingerprint density at radius 3 is 2.76 bits per heavy atom. The molecule has 1 aromatic carbocycles. The number of ether oxygens (including phenoxy) is 2. The van der Waals surface area contributed by atoms with Crippen LogP contribution in [-0.2, 0) is 11.3 Å². The molecule has 0 atom stereocenters. The van der Waals surface area contributed by atoms with Gasteiger partial charge in [0.25, 0.3) is 5.91 Å². The van der Waals surface area contributed by atoms with Crippen LogP contribution >= 0.6 is 0 Å². The van der Waals surface area contributed by atoms with E-state index in [9.17, 15) is 9.59 Å². The molecule has 1 saturated carbocycles. The summed E-state index contributed by atoms with van der Waals surface area (Å²) < 4.78 is 13.1. The molecule has 0 unspecified atom stereocenters. The summed E-state index contributed by atoms with van der Waals surface area (Å²) in [6.45, 7) is 1.74. The zero-order valence-corrected chi connectivity index (χ0v) is 18.1. The molecule has 2 aromatic heterocycles. The lowest BCUT2D eigenvalue weighted by molar-refractivity contribution is -0.115. The molecular formula is C22H22N8O4. The average Bonchev–Trinajstić information content (AvgIpc) is 3.53. The van der Waals surface area contributed by atoms with Crippen molar-refractivity contribution in [2.45, 2.75) is 31.8 Å². The summed E-state index contributed by atoms with van der Waals surface area (Å²) in [5, 5.41) is 15.7. The minimum Gasteiger partial charge on any atom is -0.490 e. The van der Waals surface area contributed by atoms with Gasteiger partial charge in [0, 0.05) is 24.6 Å². The number of amides is 3. The van der Waals surface area contributed by atoms with E-state index in [1.54, 1.807) is 16.8 Å². The van der Waals surface area contributed by atoms with Gasteiger partial charge in [-0.3, -0.25) is 10.1 Å². The van der Waals surface area contributed by atoms with Crippen LogP contribution in [0.25, 0.3) is 11.7 Å². The zero-order valence-electron chi connectivity index (χ0n) is 18.1. The van der Waals surface area contributed by atoms with E-state index in [-0.39, 0.29) is 5.70 Å². The van der Waals surface area contributed by atoms with E-state index < -0.39 is 11.9 Å². The molecule has 34 heavy (non-hydrogen) atoms. The fourth-order valence-corrected chi connectivity index (χ4v) is 3.72. The van der Waals surface area contributed by atoms with E-state index in [2.05, 4.69) is 36.3 Å². The molecule has 12 heteroatoms. The maximum absolute atomic E-state index is 12.0. The van der Waals surface area contributed by atoms with Gasteiger partial charge < -0.3 is 25.4 Å². The van der Waals surface area contributed by atoms with Crippen LogP contribution < -0.4 is 30.7 Å². The maximum atomic E-state index is 12.0. The van der Waals surface area contributed by atoms with Gasteiger partial charge in [-0.05, 0) is 36.6 Å². The number of anilines is 2. The van der Waals surface area contributed by atoms with Crippen LogP contribution in [0.5, 0.6) is 11.5 Å². The highest BCUT2D eigenvalue weighted by atomic mass is 16.5. The number of benzene rings is 1. The molecule has 3 aliphatic rings. The molecule has 1 aliphatic carbocycles. The van der Waals surface area contributed by atoms with Crippen molar-refractivity contribution in [1.82, 2.24) is 30.2 Å². The third-order valence-electron chi connectivity index (χ3n) is 5.59. The van der Waals surface area contributed by atoms with Crippen LogP contribution in [0, 0.1) is 0 Å². The van der Waals surface area contributed by atoms with Crippen LogP contribution in [0.4, 0.5) is 16.7 Å². The second-order valence-corrected chi connectivity index (χ2v) is 8.28. The van der Waals surface area contributed by atoms with E-state index in [1.165, 1.54) is 0 Å². The Balaban J connectivity index is 1.30. The summed E-state index contributed by atoms with van der Waals surface area (Å²) in [5.41, 5.74) is 2.20. The van der Waals surface area contributed by atoms with Crippen LogP contribution in [-0.4, -0.2) is 50.8 Å². The number of rotatable bonds is 6. The van der Waals surface area contributed by atoms with Crippen molar-refractivity contribution in [3.63, 3.8) is 0 Å². The highest BCUT2D eigenvalue weighted by Gasteiger charge is 2.26. The number of nitrogens with one attached hydrogen (secondary N) is 4. The number of hydrogen-bond donors (Lipinski definition) is 4. The SMILES string of the molecule is O=C1NC(=O)/C(=C/c2cnn3c(NC4CC4)nc(NCc4ccc5c(c4)OCCCO5)nc23)N1. The first-order valence-corrected chi connectivity index (χ1v) is 11.1. The molecule has 12 nitrogen and oxygen atoms in total. The van der Waals surface area contributed by atoms with Crippen molar-refractivity contribution in [3.8, 4) is 11.5 Å². The fourth-order valence-electron chi connectivity index (χ4n) is 3.72. The normalized spacial score (nSPS) is 18.5. The molecule has 0 spiro atoms. The quantitative estimate of drug-likeness (QED) is 0.317. The lowest BCUT2D eigenvalue weighted by atomic mass is 10.2. The minimum absolute atomic E-state index is 0.136. The predicted octanol–water partition coefficient (Wildman–Crippen LogP) is 1.65. The number of imide groups is 1. The Morgan fingerprint density at radius 1 is 1.12 bits per heavy atom. The topological polar surface area (TPSA) is 144 Å². The summed E-state index contributed by atoms with van der Waals surface area (Å²) in [5.74, 6) is 1.93. The summed E-state index contributed by atoms with van der Waals surface area (Å²) in [7, 11) is 0. The van der Waals surface area contributed by atoms with Crippen LogP contribution in [0.1, 0.15) is 30.4 Å². The Kier molecular flexibility index (Phi) is 4.90. The first-order valence-electron chi connectivity index (χ1n) is 11.1. The molecule has 4 heterocycles. The van der Waals surface area contributed by atoms with Crippen molar-refractivity contribution in [1.29, 1.82) is 0 Å². The molecular weight excluding hydrogens is 440 g/mol. The summed E-state index contributed by atoms with van der Waals surface area (Å²) in [6, 6.07) is 5.61. The number of hydrogen-bond acceptors (Lipinski definition) is 9. The minimum atomic E-state index is -0.559. The Morgan fingerprint density at radius 2 is 1.97 bits per heavy atom. The number of carbonyl (C=O) groups excluding carboxylic acids is 2. The Bertz CT molecular complexity index is 1330. The first-order chi connectivity index (χ1) is 16.6. The highest BCUT2D eigenvalue weighted by Crippen LogP contribution is 2.31. The summed E-state index contributed by atoms with van der Waals surface area (Å²) in [4.78, 5) is 32.6. The maximum Gasteiger partial charge on any atom is 0.326 e. The van der Waals surface area contributed by atoms with E-state index in [4.69, 9.17) is 9.47 Å². The van der Waals surface area contributed by atoms with Crippen molar-refractivity contribution >= 4 is 35.6 Å². The van der Waals surface area contributed by atoms with Crippen molar-refractivity contribution in [2.24, 2.45) is 0 Å². The summed E-state index contributed by atoms with van der Waals surface area (Å²) in [6.07, 6.45) is 6.11. The zero-order chi connectivity index (χ0) is 23.1. The van der Waals surface area contributed by atoms with Crippen LogP contribution in [0.3, 0.4) is 0 Å². The van der Waals surface area contributed by atoms with Crippen LogP contribution in [0.15, 0.2) is 30.1 Å². The van der Waals surface area contributed by atoms with Gasteiger partial charge in [-0.2, -0.15) is 19.6 Å². The van der Waals surface area contributed by atoms with Gasteiger partial charge >= 0.3 is 6.03 Å². The monoisotopic (exact) mass is 462 g/mol. The number of aromatic nitrogens is 4. The fraction of sp³-hybridized carbons (Fsp3) is 0.318. The molecule has 6 rings (SSSR count). The van der Waals surface area contributed by atoms with Gasteiger partial charge in [0.15, 0.2) is 17.1 Å². The Labute approximate surface area is 193 Å². The van der Waals surface area contributed by atoms with E-state index in [1.807, 2.05) is 18.2 Å². The third kappa shape index (κ3) is 4.05. The van der Waals surface area contributed by atoms with Crippen molar-refractivity contribution < 1.29 is 19.1 Å². The smallest absolute Gasteiger partial charge is 0.326 e. The first kappa shape index (κ1) is 20.3. The predicted molar refractivity (Wildman–Crippen MR) is 121 cm³/mol. The largest absolute Gasteiger partial charge is 0.490 e. The second-order valence-electron chi connectivity index (χ2n) is 8.28. The van der Waals surface area contributed by atoms with E-state index >= 15 is 0 Å². The van der Waals surface area contributed by atoms with Crippen molar-refractivity contribution in [3.05, 3.63) is 41.2 Å². The van der Waals surface area contributed by atoms with E-state index in [0.29, 0.717) is 48.9 Å². The number of fused-ring (bicyclic) bond motifs is 2. The molecule has 1 saturated heterocycles. The molecule has 3 aromatic rings. The number of nitrogens with zero attached hydrogens (tertiary/aromatic N) is 4. The molecule has 2 fully saturated rings. The summed E-state index contributed by atoms with van der Waals surface area (Å²) >= 11 is 0. The molecule has 0 radical (unpaired) electrons. The molecule has 4 N–H and O–H groups in total. The van der Waals surface area contributed by atoms with Gasteiger partial charge in [0.1, 0.15) is 5.70 Å². The molecule has 3 amide bonds. The van der Waals surface area contributed by atoms with Crippen molar-refractivity contribution in [2.75, 3.05) is 23.8 Å². The van der Waals surface area contributed by atoms with Gasteiger partial charge in [-0.1, -0.05) is 6.07 Å². The Hall–Kier alpha value is -4.35. The molecule has 174 valence electrons.